The monoisotopic (exact) mass is 496 g/mol. The average Bonchev–Trinajstić information content (AvgIpc) is 2.86. The van der Waals surface area contributed by atoms with Gasteiger partial charge in [-0.15, -0.1) is 0 Å². The van der Waals surface area contributed by atoms with Crippen molar-refractivity contribution in [2.75, 3.05) is 26.7 Å². The molecule has 1 heterocycles. The molecule has 0 radical (unpaired) electrons. The van der Waals surface area contributed by atoms with Crippen LogP contribution in [0.15, 0.2) is 77.7 Å². The van der Waals surface area contributed by atoms with E-state index in [1.54, 1.807) is 19.1 Å². The Morgan fingerprint density at radius 2 is 1.66 bits per heavy atom. The summed E-state index contributed by atoms with van der Waals surface area (Å²) < 4.78 is 39.5. The zero-order chi connectivity index (χ0) is 24.9. The fraction of sp³-hybridized carbons (Fsp3) is 0.333. The van der Waals surface area contributed by atoms with Crippen molar-refractivity contribution in [3.05, 3.63) is 83.9 Å². The number of aliphatic hydroxyl groups is 1. The molecule has 3 aromatic carbocycles. The standard InChI is InChI=1S/C27H32N2O5S/c1-3-28-35(31,32)26-13-12-23(33-2)19-25(26)27(30)14-16-29(17-15-27)20-21-8-7-11-24(18-21)34-22-9-5-4-6-10-22/h4-13,18-19,28,30H,3,14-17,20H2,1-2H3. The van der Waals surface area contributed by atoms with Gasteiger partial charge in [-0.2, -0.15) is 0 Å². The van der Waals surface area contributed by atoms with Gasteiger partial charge in [0.1, 0.15) is 17.2 Å². The molecule has 3 aromatic rings. The highest BCUT2D eigenvalue weighted by Gasteiger charge is 2.38. The van der Waals surface area contributed by atoms with E-state index >= 15 is 0 Å². The minimum Gasteiger partial charge on any atom is -0.497 e. The largest absolute Gasteiger partial charge is 0.497 e. The molecule has 0 aliphatic carbocycles. The van der Waals surface area contributed by atoms with Gasteiger partial charge in [-0.3, -0.25) is 4.90 Å². The van der Waals surface area contributed by atoms with Crippen molar-refractivity contribution in [3.8, 4) is 17.2 Å². The molecular formula is C27H32N2O5S. The zero-order valence-electron chi connectivity index (χ0n) is 20.1. The maximum Gasteiger partial charge on any atom is 0.240 e. The van der Waals surface area contributed by atoms with Gasteiger partial charge in [-0.1, -0.05) is 37.3 Å². The van der Waals surface area contributed by atoms with Crippen molar-refractivity contribution < 1.29 is 23.0 Å². The second-order valence-electron chi connectivity index (χ2n) is 8.73. The number of piperidine rings is 1. The van der Waals surface area contributed by atoms with E-state index in [0.717, 1.165) is 17.1 Å². The molecule has 0 bridgehead atoms. The zero-order valence-corrected chi connectivity index (χ0v) is 20.9. The van der Waals surface area contributed by atoms with Crippen LogP contribution in [0.2, 0.25) is 0 Å². The number of hydrogen-bond acceptors (Lipinski definition) is 6. The maximum absolute atomic E-state index is 12.8. The number of hydrogen-bond donors (Lipinski definition) is 2. The molecule has 1 saturated heterocycles. The average molecular weight is 497 g/mol. The number of nitrogens with zero attached hydrogens (tertiary/aromatic N) is 1. The molecule has 0 spiro atoms. The molecule has 4 rings (SSSR count). The van der Waals surface area contributed by atoms with Crippen molar-refractivity contribution in [2.45, 2.75) is 36.8 Å². The summed E-state index contributed by atoms with van der Waals surface area (Å²) in [6, 6.07) is 22.4. The number of nitrogens with one attached hydrogen (secondary N) is 1. The van der Waals surface area contributed by atoms with Gasteiger partial charge in [0.2, 0.25) is 10.0 Å². The Kier molecular flexibility index (Phi) is 7.76. The first kappa shape index (κ1) is 25.2. The molecule has 1 aliphatic heterocycles. The third-order valence-corrected chi connectivity index (χ3v) is 7.88. The summed E-state index contributed by atoms with van der Waals surface area (Å²) in [6.07, 6.45) is 0.823. The normalized spacial score (nSPS) is 16.1. The second kappa shape index (κ2) is 10.8. The highest BCUT2D eigenvalue weighted by Crippen LogP contribution is 2.38. The summed E-state index contributed by atoms with van der Waals surface area (Å²) in [5.74, 6) is 2.08. The Balaban J connectivity index is 1.47. The van der Waals surface area contributed by atoms with Crippen LogP contribution in [0, 0.1) is 0 Å². The molecule has 7 nitrogen and oxygen atoms in total. The van der Waals surface area contributed by atoms with Crippen molar-refractivity contribution in [3.63, 3.8) is 0 Å². The Morgan fingerprint density at radius 3 is 2.34 bits per heavy atom. The van der Waals surface area contributed by atoms with Crippen LogP contribution in [-0.4, -0.2) is 45.2 Å². The van der Waals surface area contributed by atoms with Crippen molar-refractivity contribution in [1.82, 2.24) is 9.62 Å². The Hall–Kier alpha value is -2.91. The highest BCUT2D eigenvalue weighted by molar-refractivity contribution is 7.89. The molecule has 35 heavy (non-hydrogen) atoms. The van der Waals surface area contributed by atoms with Gasteiger partial charge in [0.05, 0.1) is 17.6 Å². The predicted octanol–water partition coefficient (Wildman–Crippen LogP) is 4.27. The van der Waals surface area contributed by atoms with Gasteiger partial charge in [-0.05, 0) is 60.9 Å². The number of methoxy groups -OCH3 is 1. The quantitative estimate of drug-likeness (QED) is 0.460. The minimum absolute atomic E-state index is 0.0989. The van der Waals surface area contributed by atoms with E-state index in [1.807, 2.05) is 48.5 Å². The predicted molar refractivity (Wildman–Crippen MR) is 135 cm³/mol. The van der Waals surface area contributed by atoms with Crippen LogP contribution in [0.1, 0.15) is 30.9 Å². The number of rotatable bonds is 9. The lowest BCUT2D eigenvalue weighted by molar-refractivity contribution is -0.0300. The molecule has 0 aromatic heterocycles. The van der Waals surface area contributed by atoms with E-state index < -0.39 is 15.6 Å². The first-order chi connectivity index (χ1) is 16.8. The number of sulfonamides is 1. The molecule has 0 atom stereocenters. The molecule has 8 heteroatoms. The van der Waals surface area contributed by atoms with Gasteiger partial charge in [0.15, 0.2) is 0 Å². The molecule has 0 unspecified atom stereocenters. The topological polar surface area (TPSA) is 88.1 Å². The lowest BCUT2D eigenvalue weighted by atomic mass is 9.84. The molecule has 0 amide bonds. The van der Waals surface area contributed by atoms with Gasteiger partial charge in [0.25, 0.3) is 0 Å². The molecular weight excluding hydrogens is 464 g/mol. The van der Waals surface area contributed by atoms with E-state index in [1.165, 1.54) is 13.2 Å². The third-order valence-electron chi connectivity index (χ3n) is 6.28. The van der Waals surface area contributed by atoms with Gasteiger partial charge >= 0.3 is 0 Å². The Labute approximate surface area is 207 Å². The van der Waals surface area contributed by atoms with Crippen LogP contribution in [0.5, 0.6) is 17.2 Å². The van der Waals surface area contributed by atoms with Crippen LogP contribution in [0.25, 0.3) is 0 Å². The highest BCUT2D eigenvalue weighted by atomic mass is 32.2. The van der Waals surface area contributed by atoms with E-state index in [-0.39, 0.29) is 11.4 Å². The summed E-state index contributed by atoms with van der Waals surface area (Å²) in [5.41, 5.74) is 0.234. The third kappa shape index (κ3) is 6.02. The van der Waals surface area contributed by atoms with E-state index in [9.17, 15) is 13.5 Å². The molecule has 2 N–H and O–H groups in total. The van der Waals surface area contributed by atoms with Gasteiger partial charge in [0, 0.05) is 31.7 Å². The summed E-state index contributed by atoms with van der Waals surface area (Å²) >= 11 is 0. The molecule has 1 aliphatic rings. The van der Waals surface area contributed by atoms with Crippen LogP contribution < -0.4 is 14.2 Å². The number of ether oxygens (including phenoxy) is 2. The summed E-state index contributed by atoms with van der Waals surface area (Å²) in [6.45, 7) is 3.96. The fourth-order valence-corrected chi connectivity index (χ4v) is 5.76. The summed E-state index contributed by atoms with van der Waals surface area (Å²) in [4.78, 5) is 2.36. The Bertz CT molecular complexity index is 1240. The van der Waals surface area contributed by atoms with E-state index in [0.29, 0.717) is 43.8 Å². The fourth-order valence-electron chi connectivity index (χ4n) is 4.44. The van der Waals surface area contributed by atoms with Crippen molar-refractivity contribution in [2.24, 2.45) is 0 Å². The van der Waals surface area contributed by atoms with Crippen molar-refractivity contribution in [1.29, 1.82) is 0 Å². The van der Waals surface area contributed by atoms with E-state index in [4.69, 9.17) is 9.47 Å². The number of benzene rings is 3. The summed E-state index contributed by atoms with van der Waals surface area (Å²) in [7, 11) is -2.21. The molecule has 1 fully saturated rings. The van der Waals surface area contributed by atoms with Crippen LogP contribution in [-0.2, 0) is 22.2 Å². The summed E-state index contributed by atoms with van der Waals surface area (Å²) in [5, 5.41) is 11.6. The van der Waals surface area contributed by atoms with Crippen LogP contribution in [0.4, 0.5) is 0 Å². The lowest BCUT2D eigenvalue weighted by Gasteiger charge is -2.39. The maximum atomic E-state index is 12.8. The van der Waals surface area contributed by atoms with Crippen LogP contribution >= 0.6 is 0 Å². The lowest BCUT2D eigenvalue weighted by Crippen LogP contribution is -2.43. The molecule has 186 valence electrons. The second-order valence-corrected chi connectivity index (χ2v) is 10.5. The van der Waals surface area contributed by atoms with Gasteiger partial charge < -0.3 is 14.6 Å². The number of likely N-dealkylation sites (tertiary alicyclic amines) is 1. The van der Waals surface area contributed by atoms with E-state index in [2.05, 4.69) is 15.7 Å². The van der Waals surface area contributed by atoms with Crippen LogP contribution in [0.3, 0.4) is 0 Å². The smallest absolute Gasteiger partial charge is 0.240 e. The first-order valence-corrected chi connectivity index (χ1v) is 13.3. The van der Waals surface area contributed by atoms with Crippen molar-refractivity contribution >= 4 is 10.0 Å². The number of para-hydroxylation sites is 1. The van der Waals surface area contributed by atoms with Gasteiger partial charge in [-0.25, -0.2) is 13.1 Å². The first-order valence-electron chi connectivity index (χ1n) is 11.8. The molecule has 0 saturated carbocycles. The SMILES string of the molecule is CCNS(=O)(=O)c1ccc(OC)cc1C1(O)CCN(Cc2cccc(Oc3ccccc3)c2)CC1. The Morgan fingerprint density at radius 1 is 0.943 bits per heavy atom. The minimum atomic E-state index is -3.74.